The fraction of sp³-hybridized carbons (Fsp3) is 0.286. The number of aryl methyl sites for hydroxylation is 3. The summed E-state index contributed by atoms with van der Waals surface area (Å²) in [5.41, 5.74) is 4.17. The maximum Gasteiger partial charge on any atom is 0.209 e. The Bertz CT molecular complexity index is 821. The molecule has 0 saturated heterocycles. The largest absolute Gasteiger partial charge is 0.299 e. The summed E-state index contributed by atoms with van der Waals surface area (Å²) in [6, 6.07) is 6.30. The molecule has 2 aromatic heterocycles. The zero-order valence-corrected chi connectivity index (χ0v) is 13.0. The lowest BCUT2D eigenvalue weighted by molar-refractivity contribution is 0.553. The van der Waals surface area contributed by atoms with Crippen molar-refractivity contribution in [2.45, 2.75) is 27.3 Å². The van der Waals surface area contributed by atoms with Crippen LogP contribution in [0.3, 0.4) is 0 Å². The van der Waals surface area contributed by atoms with E-state index in [1.54, 1.807) is 0 Å². The molecule has 0 aliphatic rings. The molecule has 7 heteroatoms. The van der Waals surface area contributed by atoms with E-state index in [2.05, 4.69) is 52.6 Å². The molecule has 0 fully saturated rings. The van der Waals surface area contributed by atoms with E-state index >= 15 is 0 Å². The van der Waals surface area contributed by atoms with Crippen LogP contribution in [0.25, 0.3) is 17.1 Å². The summed E-state index contributed by atoms with van der Waals surface area (Å²) < 4.78 is 2.51. The van der Waals surface area contributed by atoms with Crippen LogP contribution >= 0.6 is 12.2 Å². The quantitative estimate of drug-likeness (QED) is 0.755. The Morgan fingerprint density at radius 3 is 2.52 bits per heavy atom. The van der Waals surface area contributed by atoms with Crippen molar-refractivity contribution in [2.24, 2.45) is 0 Å². The van der Waals surface area contributed by atoms with Gasteiger partial charge in [-0.05, 0) is 49.2 Å². The van der Waals surface area contributed by atoms with Crippen LogP contribution < -0.4 is 0 Å². The molecule has 0 amide bonds. The minimum atomic E-state index is 0.543. The summed E-state index contributed by atoms with van der Waals surface area (Å²) in [4.78, 5) is 1.54. The van der Waals surface area contributed by atoms with Crippen molar-refractivity contribution in [3.05, 3.63) is 40.2 Å². The number of hydrogen-bond donors (Lipinski definition) is 1. The molecule has 0 radical (unpaired) electrons. The number of rotatable bonds is 3. The number of nitrogens with one attached hydrogen (secondary N) is 1. The van der Waals surface area contributed by atoms with Gasteiger partial charge in [-0.2, -0.15) is 4.80 Å². The lowest BCUT2D eigenvalue weighted by Crippen LogP contribution is -1.98. The maximum atomic E-state index is 5.54. The van der Waals surface area contributed by atoms with Gasteiger partial charge in [0, 0.05) is 6.20 Å². The second-order valence-electron chi connectivity index (χ2n) is 4.98. The lowest BCUT2D eigenvalue weighted by Gasteiger charge is -2.05. The Balaban J connectivity index is 2.08. The van der Waals surface area contributed by atoms with E-state index in [-0.39, 0.29) is 0 Å². The monoisotopic (exact) mass is 300 g/mol. The average molecular weight is 300 g/mol. The van der Waals surface area contributed by atoms with Gasteiger partial charge in [-0.1, -0.05) is 18.3 Å². The van der Waals surface area contributed by atoms with Gasteiger partial charge < -0.3 is 0 Å². The molecule has 6 nitrogen and oxygen atoms in total. The third kappa shape index (κ3) is 2.52. The van der Waals surface area contributed by atoms with Gasteiger partial charge in [0.15, 0.2) is 0 Å². The third-order valence-corrected chi connectivity index (χ3v) is 3.62. The number of aromatic amines is 1. The zero-order valence-electron chi connectivity index (χ0n) is 12.2. The summed E-state index contributed by atoms with van der Waals surface area (Å²) >= 11 is 5.54. The highest BCUT2D eigenvalue weighted by atomic mass is 32.1. The van der Waals surface area contributed by atoms with Crippen LogP contribution in [0.2, 0.25) is 0 Å². The van der Waals surface area contributed by atoms with E-state index in [0.29, 0.717) is 17.0 Å². The number of aromatic nitrogens is 6. The van der Waals surface area contributed by atoms with Crippen molar-refractivity contribution < 1.29 is 0 Å². The summed E-state index contributed by atoms with van der Waals surface area (Å²) in [6.07, 6.45) is 1.82. The topological polar surface area (TPSA) is 64.3 Å². The van der Waals surface area contributed by atoms with Gasteiger partial charge in [-0.15, -0.1) is 10.2 Å². The standard InChI is InChI=1S/C14H16N6S/c1-4-19-17-13(16-18-19)12-8-15-20(14(12)21)11-6-9(2)5-10(3)7-11/h5-8,15H,4H2,1-3H3. The second-order valence-corrected chi connectivity index (χ2v) is 5.36. The normalized spacial score (nSPS) is 11.0. The Kier molecular flexibility index (Phi) is 3.42. The van der Waals surface area contributed by atoms with Crippen LogP contribution in [0.5, 0.6) is 0 Å². The molecule has 0 spiro atoms. The van der Waals surface area contributed by atoms with Gasteiger partial charge in [0.2, 0.25) is 5.82 Å². The SMILES string of the molecule is CCn1nnc(-c2c[nH]n(-c3cc(C)cc(C)c3)c2=S)n1. The Labute approximate surface area is 127 Å². The summed E-state index contributed by atoms with van der Waals surface area (Å²) in [5.74, 6) is 0.543. The molecule has 0 aliphatic carbocycles. The first kappa shape index (κ1) is 13.7. The smallest absolute Gasteiger partial charge is 0.209 e. The van der Waals surface area contributed by atoms with Gasteiger partial charge in [0.1, 0.15) is 4.64 Å². The van der Waals surface area contributed by atoms with Crippen LogP contribution in [0.15, 0.2) is 24.4 Å². The molecule has 108 valence electrons. The zero-order chi connectivity index (χ0) is 15.0. The minimum Gasteiger partial charge on any atom is -0.299 e. The van der Waals surface area contributed by atoms with Gasteiger partial charge in [-0.3, -0.25) is 5.10 Å². The molecule has 3 aromatic rings. The van der Waals surface area contributed by atoms with E-state index in [4.69, 9.17) is 12.2 Å². The van der Waals surface area contributed by atoms with Gasteiger partial charge in [0.25, 0.3) is 0 Å². The maximum absolute atomic E-state index is 5.54. The first-order valence-electron chi connectivity index (χ1n) is 6.75. The predicted molar refractivity (Wildman–Crippen MR) is 82.9 cm³/mol. The van der Waals surface area contributed by atoms with Crippen LogP contribution in [-0.4, -0.2) is 30.0 Å². The van der Waals surface area contributed by atoms with Crippen molar-refractivity contribution in [3.8, 4) is 17.1 Å². The lowest BCUT2D eigenvalue weighted by atomic mass is 10.1. The van der Waals surface area contributed by atoms with Crippen molar-refractivity contribution in [2.75, 3.05) is 0 Å². The molecular formula is C14H16N6S. The second kappa shape index (κ2) is 5.25. The van der Waals surface area contributed by atoms with E-state index in [1.807, 2.05) is 17.8 Å². The minimum absolute atomic E-state index is 0.543. The van der Waals surface area contributed by atoms with E-state index < -0.39 is 0 Å². The highest BCUT2D eigenvalue weighted by molar-refractivity contribution is 7.71. The number of hydrogen-bond acceptors (Lipinski definition) is 4. The fourth-order valence-corrected chi connectivity index (χ4v) is 2.59. The highest BCUT2D eigenvalue weighted by Crippen LogP contribution is 2.20. The summed E-state index contributed by atoms with van der Waals surface area (Å²) in [6.45, 7) is 6.78. The van der Waals surface area contributed by atoms with E-state index in [9.17, 15) is 0 Å². The number of H-pyrrole nitrogens is 1. The molecule has 0 atom stereocenters. The number of nitrogens with zero attached hydrogens (tertiary/aromatic N) is 5. The van der Waals surface area contributed by atoms with Gasteiger partial charge in [-0.25, -0.2) is 4.68 Å². The molecule has 2 heterocycles. The third-order valence-electron chi connectivity index (χ3n) is 3.21. The van der Waals surface area contributed by atoms with E-state index in [0.717, 1.165) is 11.3 Å². The molecule has 0 unspecified atom stereocenters. The molecule has 0 bridgehead atoms. The van der Waals surface area contributed by atoms with Crippen LogP contribution in [-0.2, 0) is 6.54 Å². The van der Waals surface area contributed by atoms with Crippen molar-refractivity contribution in [1.29, 1.82) is 0 Å². The van der Waals surface area contributed by atoms with Crippen LogP contribution in [0.1, 0.15) is 18.1 Å². The van der Waals surface area contributed by atoms with Crippen molar-refractivity contribution >= 4 is 12.2 Å². The van der Waals surface area contributed by atoms with E-state index in [1.165, 1.54) is 15.9 Å². The Morgan fingerprint density at radius 1 is 1.19 bits per heavy atom. The Morgan fingerprint density at radius 2 is 1.90 bits per heavy atom. The van der Waals surface area contributed by atoms with Gasteiger partial charge >= 0.3 is 0 Å². The van der Waals surface area contributed by atoms with Crippen molar-refractivity contribution in [3.63, 3.8) is 0 Å². The number of tetrazole rings is 1. The predicted octanol–water partition coefficient (Wildman–Crippen LogP) is 2.83. The van der Waals surface area contributed by atoms with Crippen LogP contribution in [0, 0.1) is 18.5 Å². The van der Waals surface area contributed by atoms with Gasteiger partial charge in [0.05, 0.1) is 17.8 Å². The fourth-order valence-electron chi connectivity index (χ4n) is 2.29. The van der Waals surface area contributed by atoms with Crippen molar-refractivity contribution in [1.82, 2.24) is 30.0 Å². The first-order chi connectivity index (χ1) is 10.1. The average Bonchev–Trinajstić information content (AvgIpc) is 3.03. The molecule has 21 heavy (non-hydrogen) atoms. The van der Waals surface area contributed by atoms with Crippen LogP contribution in [0.4, 0.5) is 0 Å². The number of benzene rings is 1. The summed E-state index contributed by atoms with van der Waals surface area (Å²) in [7, 11) is 0. The molecule has 1 N–H and O–H groups in total. The molecule has 0 aliphatic heterocycles. The highest BCUT2D eigenvalue weighted by Gasteiger charge is 2.12. The molecular weight excluding hydrogens is 284 g/mol. The molecule has 1 aromatic carbocycles. The summed E-state index contributed by atoms with van der Waals surface area (Å²) in [5, 5.41) is 15.5. The first-order valence-corrected chi connectivity index (χ1v) is 7.16. The Hall–Kier alpha value is -2.28. The molecule has 0 saturated carbocycles. The molecule has 3 rings (SSSR count).